The van der Waals surface area contributed by atoms with Gasteiger partial charge in [-0.3, -0.25) is 9.79 Å². The third-order valence-electron chi connectivity index (χ3n) is 3.33. The quantitative estimate of drug-likeness (QED) is 0.365. The van der Waals surface area contributed by atoms with Crippen molar-refractivity contribution in [3.63, 3.8) is 0 Å². The maximum Gasteiger partial charge on any atom is 0.240 e. The largest absolute Gasteiger partial charge is 0.388 e. The lowest BCUT2D eigenvalue weighted by atomic mass is 9.80. The monoisotopic (exact) mass is 412 g/mol. The Balaban J connectivity index is 0.00000400. The summed E-state index contributed by atoms with van der Waals surface area (Å²) in [6.07, 6.45) is 2.72. The van der Waals surface area contributed by atoms with Crippen LogP contribution in [0.25, 0.3) is 0 Å². The Morgan fingerprint density at radius 2 is 1.95 bits per heavy atom. The van der Waals surface area contributed by atoms with E-state index in [9.17, 15) is 9.90 Å². The third kappa shape index (κ3) is 7.30. The van der Waals surface area contributed by atoms with Gasteiger partial charge >= 0.3 is 0 Å². The van der Waals surface area contributed by atoms with Crippen LogP contribution in [0.1, 0.15) is 40.0 Å². The number of aliphatic imine (C=N–C) groups is 1. The van der Waals surface area contributed by atoms with Gasteiger partial charge in [-0.25, -0.2) is 0 Å². The summed E-state index contributed by atoms with van der Waals surface area (Å²) in [6.45, 7) is 6.55. The van der Waals surface area contributed by atoms with Crippen molar-refractivity contribution in [2.45, 2.75) is 51.2 Å². The maximum absolute atomic E-state index is 11.9. The first kappa shape index (κ1) is 20.4. The van der Waals surface area contributed by atoms with Gasteiger partial charge in [-0.15, -0.1) is 24.0 Å². The van der Waals surface area contributed by atoms with Gasteiger partial charge in [0.05, 0.1) is 12.1 Å². The van der Waals surface area contributed by atoms with Crippen molar-refractivity contribution in [2.75, 3.05) is 27.2 Å². The third-order valence-corrected chi connectivity index (χ3v) is 3.33. The molecule has 0 atom stereocenters. The fourth-order valence-corrected chi connectivity index (χ4v) is 2.14. The number of guanidine groups is 1. The minimum atomic E-state index is -0.607. The summed E-state index contributed by atoms with van der Waals surface area (Å²) in [5, 5.41) is 16.1. The second-order valence-corrected chi connectivity index (χ2v) is 6.63. The number of nitrogens with zero attached hydrogens (tertiary/aromatic N) is 2. The number of likely N-dealkylation sites (N-methyl/N-ethyl adjacent to an activating group) is 1. The van der Waals surface area contributed by atoms with Gasteiger partial charge in [0.1, 0.15) is 0 Å². The van der Waals surface area contributed by atoms with Crippen molar-refractivity contribution in [1.82, 2.24) is 15.5 Å². The van der Waals surface area contributed by atoms with E-state index in [0.29, 0.717) is 12.5 Å². The number of nitrogens with one attached hydrogen (secondary N) is 2. The highest BCUT2D eigenvalue weighted by molar-refractivity contribution is 14.0. The molecule has 1 amide bonds. The van der Waals surface area contributed by atoms with E-state index in [1.165, 1.54) is 0 Å². The highest BCUT2D eigenvalue weighted by atomic mass is 127. The van der Waals surface area contributed by atoms with Crippen molar-refractivity contribution in [2.24, 2.45) is 4.99 Å². The van der Waals surface area contributed by atoms with Crippen LogP contribution in [0.15, 0.2) is 4.99 Å². The van der Waals surface area contributed by atoms with Crippen LogP contribution in [0.4, 0.5) is 0 Å². The standard InChI is InChI=1S/C14H28N4O2.HI/c1-13(2,3)17-11(19)9-18(5)12(15-4)16-10-14(20)7-6-8-14;/h20H,6-10H2,1-5H3,(H,15,16)(H,17,19);1H. The van der Waals surface area contributed by atoms with Crippen molar-refractivity contribution in [3.05, 3.63) is 0 Å². The molecular weight excluding hydrogens is 383 g/mol. The molecule has 0 saturated heterocycles. The van der Waals surface area contributed by atoms with Gasteiger partial charge in [-0.05, 0) is 40.0 Å². The number of rotatable bonds is 4. The number of aliphatic hydroxyl groups is 1. The van der Waals surface area contributed by atoms with Crippen LogP contribution in [-0.2, 0) is 4.79 Å². The molecule has 1 aliphatic rings. The Bertz CT molecular complexity index is 376. The molecule has 6 nitrogen and oxygen atoms in total. The molecule has 0 bridgehead atoms. The predicted octanol–water partition coefficient (Wildman–Crippen LogP) is 0.941. The number of carbonyl (C=O) groups is 1. The van der Waals surface area contributed by atoms with E-state index in [2.05, 4.69) is 15.6 Å². The van der Waals surface area contributed by atoms with Crippen LogP contribution in [-0.4, -0.2) is 60.2 Å². The fourth-order valence-electron chi connectivity index (χ4n) is 2.14. The number of halogens is 1. The predicted molar refractivity (Wildman–Crippen MR) is 96.1 cm³/mol. The van der Waals surface area contributed by atoms with Crippen molar-refractivity contribution in [1.29, 1.82) is 0 Å². The Kier molecular flexibility index (Phi) is 7.94. The lowest BCUT2D eigenvalue weighted by Gasteiger charge is -2.37. The molecule has 124 valence electrons. The van der Waals surface area contributed by atoms with Gasteiger partial charge in [-0.2, -0.15) is 0 Å². The molecule has 1 rings (SSSR count). The molecule has 0 aromatic heterocycles. The molecule has 1 aliphatic carbocycles. The molecular formula is C14H29IN4O2. The number of carbonyl (C=O) groups excluding carboxylic acids is 1. The summed E-state index contributed by atoms with van der Waals surface area (Å²) in [7, 11) is 3.48. The summed E-state index contributed by atoms with van der Waals surface area (Å²) in [5.74, 6) is 0.569. The summed E-state index contributed by atoms with van der Waals surface area (Å²) >= 11 is 0. The molecule has 1 saturated carbocycles. The highest BCUT2D eigenvalue weighted by Gasteiger charge is 2.34. The number of amides is 1. The van der Waals surface area contributed by atoms with Crippen LogP contribution < -0.4 is 10.6 Å². The van der Waals surface area contributed by atoms with Crippen molar-refractivity contribution in [3.8, 4) is 0 Å². The van der Waals surface area contributed by atoms with Gasteiger partial charge in [0, 0.05) is 26.2 Å². The molecule has 0 unspecified atom stereocenters. The first-order valence-electron chi connectivity index (χ1n) is 7.10. The maximum atomic E-state index is 11.9. The number of hydrogen-bond donors (Lipinski definition) is 3. The van der Waals surface area contributed by atoms with E-state index in [0.717, 1.165) is 19.3 Å². The normalized spacial score (nSPS) is 17.3. The molecule has 0 aromatic rings. The van der Waals surface area contributed by atoms with Gasteiger partial charge < -0.3 is 20.6 Å². The summed E-state index contributed by atoms with van der Waals surface area (Å²) in [4.78, 5) is 17.8. The fraction of sp³-hybridized carbons (Fsp3) is 0.857. The average Bonchev–Trinajstić information content (AvgIpc) is 2.24. The minimum Gasteiger partial charge on any atom is -0.388 e. The Morgan fingerprint density at radius 1 is 1.38 bits per heavy atom. The van der Waals surface area contributed by atoms with Gasteiger partial charge in [-0.1, -0.05) is 0 Å². The Labute approximate surface area is 144 Å². The van der Waals surface area contributed by atoms with Gasteiger partial charge in [0.2, 0.25) is 5.91 Å². The van der Waals surface area contributed by atoms with E-state index in [-0.39, 0.29) is 42.0 Å². The van der Waals surface area contributed by atoms with E-state index in [1.54, 1.807) is 11.9 Å². The topological polar surface area (TPSA) is 77.0 Å². The summed E-state index contributed by atoms with van der Waals surface area (Å²) in [6, 6.07) is 0. The van der Waals surface area contributed by atoms with Crippen molar-refractivity contribution >= 4 is 35.8 Å². The van der Waals surface area contributed by atoms with Gasteiger partial charge in [0.25, 0.3) is 0 Å². The molecule has 0 aromatic carbocycles. The smallest absolute Gasteiger partial charge is 0.240 e. The van der Waals surface area contributed by atoms with Crippen molar-refractivity contribution < 1.29 is 9.90 Å². The van der Waals surface area contributed by atoms with Crippen LogP contribution in [0.5, 0.6) is 0 Å². The highest BCUT2D eigenvalue weighted by Crippen LogP contribution is 2.30. The lowest BCUT2D eigenvalue weighted by molar-refractivity contribution is -0.122. The number of hydrogen-bond acceptors (Lipinski definition) is 3. The molecule has 1 fully saturated rings. The molecule has 0 aliphatic heterocycles. The first-order valence-corrected chi connectivity index (χ1v) is 7.10. The Morgan fingerprint density at radius 3 is 2.33 bits per heavy atom. The second-order valence-electron chi connectivity index (χ2n) is 6.63. The van der Waals surface area contributed by atoms with Crippen LogP contribution in [0.3, 0.4) is 0 Å². The molecule has 3 N–H and O–H groups in total. The second kappa shape index (κ2) is 8.17. The zero-order chi connectivity index (χ0) is 15.4. The molecule has 0 heterocycles. The Hall–Kier alpha value is -0.570. The van der Waals surface area contributed by atoms with E-state index < -0.39 is 5.60 Å². The van der Waals surface area contributed by atoms with E-state index in [4.69, 9.17) is 0 Å². The van der Waals surface area contributed by atoms with Crippen LogP contribution in [0.2, 0.25) is 0 Å². The van der Waals surface area contributed by atoms with Crippen LogP contribution >= 0.6 is 24.0 Å². The van der Waals surface area contributed by atoms with E-state index >= 15 is 0 Å². The molecule has 0 radical (unpaired) electrons. The summed E-state index contributed by atoms with van der Waals surface area (Å²) < 4.78 is 0. The SMILES string of the molecule is CN=C(NCC1(O)CCC1)N(C)CC(=O)NC(C)(C)C.I. The average molecular weight is 412 g/mol. The minimum absolute atomic E-state index is 0. The van der Waals surface area contributed by atoms with Gasteiger partial charge in [0.15, 0.2) is 5.96 Å². The van der Waals surface area contributed by atoms with E-state index in [1.807, 2.05) is 27.8 Å². The lowest BCUT2D eigenvalue weighted by Crippen LogP contribution is -2.53. The summed E-state index contributed by atoms with van der Waals surface area (Å²) in [5.41, 5.74) is -0.847. The zero-order valence-electron chi connectivity index (χ0n) is 13.7. The molecule has 0 spiro atoms. The molecule has 21 heavy (non-hydrogen) atoms. The molecule has 7 heteroatoms. The van der Waals surface area contributed by atoms with Crippen LogP contribution in [0, 0.1) is 0 Å². The zero-order valence-corrected chi connectivity index (χ0v) is 16.0. The first-order chi connectivity index (χ1) is 9.15.